The van der Waals surface area contributed by atoms with Gasteiger partial charge < -0.3 is 14.8 Å². The van der Waals surface area contributed by atoms with E-state index in [1.165, 1.54) is 6.33 Å². The van der Waals surface area contributed by atoms with Gasteiger partial charge in [-0.05, 0) is 20.8 Å². The summed E-state index contributed by atoms with van der Waals surface area (Å²) in [6, 6.07) is -0.368. The predicted octanol–water partition coefficient (Wildman–Crippen LogP) is 1.42. The molecular weight excluding hydrogens is 282 g/mol. The smallest absolute Gasteiger partial charge is 0.318 e. The van der Waals surface area contributed by atoms with Crippen molar-refractivity contribution in [3.8, 4) is 0 Å². The third-order valence-electron chi connectivity index (χ3n) is 3.54. The Morgan fingerprint density at radius 3 is 2.82 bits per heavy atom. The molecular formula is C14H23N7O. The number of nitrogens with zero attached hydrogens (tertiary/aromatic N) is 6. The molecule has 1 N–H and O–H groups in total. The summed E-state index contributed by atoms with van der Waals surface area (Å²) in [5, 5.41) is 7.05. The molecule has 0 spiro atoms. The van der Waals surface area contributed by atoms with E-state index in [9.17, 15) is 4.79 Å². The number of nitrogens with one attached hydrogen (secondary N) is 1. The molecule has 0 bridgehead atoms. The highest BCUT2D eigenvalue weighted by molar-refractivity contribution is 5.74. The largest absolute Gasteiger partial charge is 0.334 e. The maximum atomic E-state index is 12.3. The van der Waals surface area contributed by atoms with E-state index in [1.54, 1.807) is 22.8 Å². The standard InChI is InChI=1S/C14H23N7O/c1-5-20-8-7-15-12(20)9-19(4)14(22)18-11(3)13-16-10-17-21(13)6-2/h7-8,10-11H,5-6,9H2,1-4H3,(H,18,22)/t11-/m0/s1. The Hall–Kier alpha value is -2.38. The molecule has 1 atom stereocenters. The van der Waals surface area contributed by atoms with Crippen molar-refractivity contribution in [3.63, 3.8) is 0 Å². The van der Waals surface area contributed by atoms with Crippen LogP contribution in [0.3, 0.4) is 0 Å². The first-order chi connectivity index (χ1) is 10.6. The maximum absolute atomic E-state index is 12.3. The first kappa shape index (κ1) is 16.0. The summed E-state index contributed by atoms with van der Waals surface area (Å²) in [5.74, 6) is 1.61. The quantitative estimate of drug-likeness (QED) is 0.875. The van der Waals surface area contributed by atoms with Crippen molar-refractivity contribution in [2.45, 2.75) is 46.4 Å². The van der Waals surface area contributed by atoms with Crippen molar-refractivity contribution in [1.29, 1.82) is 0 Å². The molecule has 22 heavy (non-hydrogen) atoms. The highest BCUT2D eigenvalue weighted by Crippen LogP contribution is 2.09. The van der Waals surface area contributed by atoms with Crippen LogP contribution in [-0.2, 0) is 19.6 Å². The SMILES string of the molecule is CCn1ccnc1CN(C)C(=O)N[C@@H](C)c1ncnn1CC. The van der Waals surface area contributed by atoms with Crippen LogP contribution in [0.2, 0.25) is 0 Å². The molecule has 8 nitrogen and oxygen atoms in total. The van der Waals surface area contributed by atoms with Gasteiger partial charge in [0.05, 0.1) is 12.6 Å². The minimum Gasteiger partial charge on any atom is -0.334 e. The van der Waals surface area contributed by atoms with Gasteiger partial charge in [0.15, 0.2) is 0 Å². The molecule has 0 aliphatic carbocycles. The van der Waals surface area contributed by atoms with Crippen molar-refractivity contribution < 1.29 is 4.79 Å². The summed E-state index contributed by atoms with van der Waals surface area (Å²) < 4.78 is 3.79. The van der Waals surface area contributed by atoms with Crippen LogP contribution in [0.5, 0.6) is 0 Å². The second-order valence-electron chi connectivity index (χ2n) is 5.09. The lowest BCUT2D eigenvalue weighted by molar-refractivity contribution is 0.201. The molecule has 0 unspecified atom stereocenters. The average molecular weight is 305 g/mol. The van der Waals surface area contributed by atoms with E-state index in [1.807, 2.05) is 31.5 Å². The van der Waals surface area contributed by atoms with Crippen LogP contribution in [0.15, 0.2) is 18.7 Å². The lowest BCUT2D eigenvalue weighted by Gasteiger charge is -2.21. The van der Waals surface area contributed by atoms with Gasteiger partial charge >= 0.3 is 6.03 Å². The van der Waals surface area contributed by atoms with Crippen molar-refractivity contribution in [1.82, 2.24) is 34.5 Å². The zero-order valence-corrected chi connectivity index (χ0v) is 13.5. The maximum Gasteiger partial charge on any atom is 0.318 e. The van der Waals surface area contributed by atoms with Crippen molar-refractivity contribution >= 4 is 6.03 Å². The molecule has 2 rings (SSSR count). The van der Waals surface area contributed by atoms with Gasteiger partial charge in [-0.3, -0.25) is 0 Å². The molecule has 0 aliphatic heterocycles. The zero-order chi connectivity index (χ0) is 16.1. The fourth-order valence-electron chi connectivity index (χ4n) is 2.28. The lowest BCUT2D eigenvalue weighted by Crippen LogP contribution is -2.39. The highest BCUT2D eigenvalue weighted by Gasteiger charge is 2.18. The molecule has 2 aromatic heterocycles. The summed E-state index contributed by atoms with van der Waals surface area (Å²) in [4.78, 5) is 22.4. The van der Waals surface area contributed by atoms with Crippen LogP contribution >= 0.6 is 0 Å². The van der Waals surface area contributed by atoms with Gasteiger partial charge in [0.2, 0.25) is 0 Å². The molecule has 0 fully saturated rings. The summed E-state index contributed by atoms with van der Waals surface area (Å²) in [7, 11) is 1.75. The van der Waals surface area contributed by atoms with Gasteiger partial charge in [-0.25, -0.2) is 19.4 Å². The number of aryl methyl sites for hydroxylation is 2. The minimum atomic E-state index is -0.205. The molecule has 120 valence electrons. The molecule has 2 heterocycles. The Labute approximate surface area is 130 Å². The first-order valence-corrected chi connectivity index (χ1v) is 7.46. The van der Waals surface area contributed by atoms with Gasteiger partial charge in [0.1, 0.15) is 18.0 Å². The van der Waals surface area contributed by atoms with Crippen LogP contribution in [-0.4, -0.2) is 42.3 Å². The zero-order valence-electron chi connectivity index (χ0n) is 13.5. The molecule has 2 amide bonds. The van der Waals surface area contributed by atoms with E-state index in [0.29, 0.717) is 6.54 Å². The van der Waals surface area contributed by atoms with Crippen molar-refractivity contribution in [2.24, 2.45) is 0 Å². The Bertz CT molecular complexity index is 618. The number of imidazole rings is 1. The number of rotatable bonds is 6. The number of amides is 2. The Kier molecular flexibility index (Phi) is 5.13. The molecule has 0 saturated heterocycles. The molecule has 0 radical (unpaired) electrons. The second-order valence-corrected chi connectivity index (χ2v) is 5.09. The number of carbonyl (C=O) groups is 1. The third kappa shape index (κ3) is 3.44. The molecule has 8 heteroatoms. The Balaban J connectivity index is 1.96. The Morgan fingerprint density at radius 1 is 1.36 bits per heavy atom. The van der Waals surface area contributed by atoms with Gasteiger partial charge in [0.25, 0.3) is 0 Å². The lowest BCUT2D eigenvalue weighted by atomic mass is 10.3. The van der Waals surface area contributed by atoms with E-state index in [0.717, 1.165) is 24.7 Å². The van der Waals surface area contributed by atoms with Crippen LogP contribution in [0.25, 0.3) is 0 Å². The fraction of sp³-hybridized carbons (Fsp3) is 0.571. The molecule has 0 aromatic carbocycles. The molecule has 2 aromatic rings. The van der Waals surface area contributed by atoms with E-state index >= 15 is 0 Å². The predicted molar refractivity (Wildman–Crippen MR) is 82.0 cm³/mol. The summed E-state index contributed by atoms with van der Waals surface area (Å²) >= 11 is 0. The molecule has 0 aliphatic rings. The summed E-state index contributed by atoms with van der Waals surface area (Å²) in [6.45, 7) is 7.95. The monoisotopic (exact) mass is 305 g/mol. The van der Waals surface area contributed by atoms with Gasteiger partial charge in [-0.2, -0.15) is 5.10 Å². The average Bonchev–Trinajstić information content (AvgIpc) is 3.15. The minimum absolute atomic E-state index is 0.163. The third-order valence-corrected chi connectivity index (χ3v) is 3.54. The van der Waals surface area contributed by atoms with E-state index in [2.05, 4.69) is 20.4 Å². The van der Waals surface area contributed by atoms with E-state index in [-0.39, 0.29) is 12.1 Å². The van der Waals surface area contributed by atoms with Gasteiger partial charge in [-0.15, -0.1) is 0 Å². The van der Waals surface area contributed by atoms with Gasteiger partial charge in [-0.1, -0.05) is 0 Å². The summed E-state index contributed by atoms with van der Waals surface area (Å²) in [6.07, 6.45) is 5.16. The Morgan fingerprint density at radius 2 is 2.14 bits per heavy atom. The van der Waals surface area contributed by atoms with E-state index in [4.69, 9.17) is 0 Å². The molecule has 0 saturated carbocycles. The normalized spacial score (nSPS) is 12.2. The second kappa shape index (κ2) is 7.06. The van der Waals surface area contributed by atoms with Crippen LogP contribution < -0.4 is 5.32 Å². The highest BCUT2D eigenvalue weighted by atomic mass is 16.2. The van der Waals surface area contributed by atoms with Crippen LogP contribution in [0, 0.1) is 0 Å². The fourth-order valence-corrected chi connectivity index (χ4v) is 2.28. The first-order valence-electron chi connectivity index (χ1n) is 7.46. The van der Waals surface area contributed by atoms with Crippen molar-refractivity contribution in [2.75, 3.05) is 7.05 Å². The number of hydrogen-bond acceptors (Lipinski definition) is 4. The topological polar surface area (TPSA) is 80.9 Å². The van der Waals surface area contributed by atoms with Crippen LogP contribution in [0.4, 0.5) is 4.79 Å². The number of aromatic nitrogens is 5. The summed E-state index contributed by atoms with van der Waals surface area (Å²) in [5.41, 5.74) is 0. The number of carbonyl (C=O) groups excluding carboxylic acids is 1. The number of urea groups is 1. The number of hydrogen-bond donors (Lipinski definition) is 1. The van der Waals surface area contributed by atoms with Crippen LogP contribution in [0.1, 0.15) is 38.5 Å². The van der Waals surface area contributed by atoms with E-state index < -0.39 is 0 Å². The van der Waals surface area contributed by atoms with Gasteiger partial charge in [0, 0.05) is 32.5 Å². The van der Waals surface area contributed by atoms with Crippen molar-refractivity contribution in [3.05, 3.63) is 30.4 Å².